The SMILES string of the molecule is COc1cccc(C(CNC(=O)CC2CSCCN2)N2CCCC2)c1. The van der Waals surface area contributed by atoms with Gasteiger partial charge in [-0.1, -0.05) is 12.1 Å². The van der Waals surface area contributed by atoms with Crippen molar-refractivity contribution in [1.29, 1.82) is 0 Å². The Morgan fingerprint density at radius 2 is 2.28 bits per heavy atom. The number of benzene rings is 1. The van der Waals surface area contributed by atoms with Crippen molar-refractivity contribution in [3.05, 3.63) is 29.8 Å². The van der Waals surface area contributed by atoms with Crippen LogP contribution in [0.2, 0.25) is 0 Å². The molecule has 2 heterocycles. The van der Waals surface area contributed by atoms with Crippen LogP contribution in [0.3, 0.4) is 0 Å². The second kappa shape index (κ2) is 9.46. The number of nitrogens with one attached hydrogen (secondary N) is 2. The van der Waals surface area contributed by atoms with Gasteiger partial charge in [-0.2, -0.15) is 11.8 Å². The monoisotopic (exact) mass is 363 g/mol. The Balaban J connectivity index is 1.60. The Morgan fingerprint density at radius 1 is 1.44 bits per heavy atom. The zero-order valence-electron chi connectivity index (χ0n) is 15.0. The third kappa shape index (κ3) is 5.36. The van der Waals surface area contributed by atoms with Crippen LogP contribution < -0.4 is 15.4 Å². The number of hydrogen-bond acceptors (Lipinski definition) is 5. The standard InChI is InChI=1S/C19H29N3O2S/c1-24-17-6-4-5-15(11-17)18(22-8-2-3-9-22)13-21-19(23)12-16-14-25-10-7-20-16/h4-6,11,16,18,20H,2-3,7-10,12-14H2,1H3,(H,21,23). The van der Waals surface area contributed by atoms with Crippen molar-refractivity contribution in [3.8, 4) is 5.75 Å². The summed E-state index contributed by atoms with van der Waals surface area (Å²) in [4.78, 5) is 14.9. The van der Waals surface area contributed by atoms with Crippen LogP contribution in [0.15, 0.2) is 24.3 Å². The van der Waals surface area contributed by atoms with E-state index in [0.717, 1.165) is 36.9 Å². The Labute approximate surface area is 154 Å². The van der Waals surface area contributed by atoms with E-state index >= 15 is 0 Å². The van der Waals surface area contributed by atoms with Crippen molar-refractivity contribution in [2.45, 2.75) is 31.3 Å². The predicted molar refractivity (Wildman–Crippen MR) is 103 cm³/mol. The van der Waals surface area contributed by atoms with Crippen molar-refractivity contribution in [2.24, 2.45) is 0 Å². The van der Waals surface area contributed by atoms with Crippen LogP contribution in [0.5, 0.6) is 5.75 Å². The van der Waals surface area contributed by atoms with Gasteiger partial charge in [-0.25, -0.2) is 0 Å². The van der Waals surface area contributed by atoms with Crippen molar-refractivity contribution >= 4 is 17.7 Å². The molecule has 2 aliphatic rings. The molecule has 1 aromatic carbocycles. The Bertz CT molecular complexity index is 557. The first-order chi connectivity index (χ1) is 12.3. The molecule has 0 saturated carbocycles. The van der Waals surface area contributed by atoms with Gasteiger partial charge in [0, 0.05) is 37.1 Å². The highest BCUT2D eigenvalue weighted by Gasteiger charge is 2.25. The van der Waals surface area contributed by atoms with Gasteiger partial charge >= 0.3 is 0 Å². The lowest BCUT2D eigenvalue weighted by Gasteiger charge is -2.29. The lowest BCUT2D eigenvalue weighted by atomic mass is 10.0. The van der Waals surface area contributed by atoms with E-state index in [4.69, 9.17) is 4.74 Å². The molecule has 0 spiro atoms. The normalized spacial score (nSPS) is 22.5. The van der Waals surface area contributed by atoms with Crippen LogP contribution in [0.4, 0.5) is 0 Å². The molecule has 2 N–H and O–H groups in total. The van der Waals surface area contributed by atoms with Gasteiger partial charge in [-0.3, -0.25) is 9.69 Å². The van der Waals surface area contributed by atoms with E-state index in [9.17, 15) is 4.79 Å². The number of carbonyl (C=O) groups is 1. The number of methoxy groups -OCH3 is 1. The van der Waals surface area contributed by atoms with Crippen LogP contribution >= 0.6 is 11.8 Å². The van der Waals surface area contributed by atoms with E-state index in [2.05, 4.69) is 27.7 Å². The number of nitrogens with zero attached hydrogens (tertiary/aromatic N) is 1. The second-order valence-corrected chi connectivity index (χ2v) is 7.92. The summed E-state index contributed by atoms with van der Waals surface area (Å²) in [5.41, 5.74) is 1.22. The summed E-state index contributed by atoms with van der Waals surface area (Å²) in [6, 6.07) is 8.75. The van der Waals surface area contributed by atoms with Crippen LogP contribution in [-0.2, 0) is 4.79 Å². The first kappa shape index (κ1) is 18.5. The lowest BCUT2D eigenvalue weighted by Crippen LogP contribution is -2.43. The minimum atomic E-state index is 0.145. The molecule has 2 atom stereocenters. The topological polar surface area (TPSA) is 53.6 Å². The highest BCUT2D eigenvalue weighted by molar-refractivity contribution is 7.99. The predicted octanol–water partition coefficient (Wildman–Crippen LogP) is 2.04. The van der Waals surface area contributed by atoms with Gasteiger partial charge in [-0.15, -0.1) is 0 Å². The summed E-state index contributed by atoms with van der Waals surface area (Å²) >= 11 is 1.93. The Kier molecular flexibility index (Phi) is 7.02. The molecule has 1 aromatic rings. The molecule has 2 saturated heterocycles. The zero-order chi connectivity index (χ0) is 17.5. The number of likely N-dealkylation sites (tertiary alicyclic amines) is 1. The van der Waals surface area contributed by atoms with Crippen LogP contribution in [-0.4, -0.2) is 61.6 Å². The largest absolute Gasteiger partial charge is 0.497 e. The molecule has 1 amide bonds. The average molecular weight is 364 g/mol. The van der Waals surface area contributed by atoms with Gasteiger partial charge in [0.25, 0.3) is 0 Å². The fraction of sp³-hybridized carbons (Fsp3) is 0.632. The minimum Gasteiger partial charge on any atom is -0.497 e. The number of ether oxygens (including phenoxy) is 1. The highest BCUT2D eigenvalue weighted by atomic mass is 32.2. The minimum absolute atomic E-state index is 0.145. The molecule has 3 rings (SSSR count). The van der Waals surface area contributed by atoms with Crippen LogP contribution in [0.25, 0.3) is 0 Å². The van der Waals surface area contributed by atoms with Crippen molar-refractivity contribution in [2.75, 3.05) is 44.8 Å². The van der Waals surface area contributed by atoms with E-state index in [1.54, 1.807) is 7.11 Å². The van der Waals surface area contributed by atoms with E-state index in [1.165, 1.54) is 18.4 Å². The lowest BCUT2D eigenvalue weighted by molar-refractivity contribution is -0.121. The van der Waals surface area contributed by atoms with Crippen LogP contribution in [0, 0.1) is 0 Å². The van der Waals surface area contributed by atoms with Gasteiger partial charge in [0.05, 0.1) is 13.2 Å². The number of carbonyl (C=O) groups excluding carboxylic acids is 1. The van der Waals surface area contributed by atoms with Crippen LogP contribution in [0.1, 0.15) is 30.9 Å². The smallest absolute Gasteiger partial charge is 0.221 e. The molecular weight excluding hydrogens is 334 g/mol. The zero-order valence-corrected chi connectivity index (χ0v) is 15.8. The molecule has 6 heteroatoms. The summed E-state index contributed by atoms with van der Waals surface area (Å²) in [6.07, 6.45) is 3.03. The summed E-state index contributed by atoms with van der Waals surface area (Å²) in [5.74, 6) is 3.19. The average Bonchev–Trinajstić information content (AvgIpc) is 3.17. The molecule has 2 unspecified atom stereocenters. The first-order valence-electron chi connectivity index (χ1n) is 9.22. The van der Waals surface area contributed by atoms with E-state index in [1.807, 2.05) is 23.9 Å². The van der Waals surface area contributed by atoms with Gasteiger partial charge in [0.1, 0.15) is 5.75 Å². The number of amides is 1. The summed E-state index contributed by atoms with van der Waals surface area (Å²) in [5, 5.41) is 6.60. The maximum Gasteiger partial charge on any atom is 0.221 e. The van der Waals surface area contributed by atoms with Crippen molar-refractivity contribution < 1.29 is 9.53 Å². The fourth-order valence-corrected chi connectivity index (χ4v) is 4.57. The fourth-order valence-electron chi connectivity index (χ4n) is 3.62. The van der Waals surface area contributed by atoms with Gasteiger partial charge in [0.2, 0.25) is 5.91 Å². The van der Waals surface area contributed by atoms with Crippen molar-refractivity contribution in [1.82, 2.24) is 15.5 Å². The molecule has 138 valence electrons. The highest BCUT2D eigenvalue weighted by Crippen LogP contribution is 2.27. The maximum absolute atomic E-state index is 12.4. The molecule has 5 nitrogen and oxygen atoms in total. The maximum atomic E-state index is 12.4. The molecule has 2 fully saturated rings. The number of hydrogen-bond donors (Lipinski definition) is 2. The third-order valence-corrected chi connectivity index (χ3v) is 6.11. The van der Waals surface area contributed by atoms with E-state index < -0.39 is 0 Å². The summed E-state index contributed by atoms with van der Waals surface area (Å²) in [7, 11) is 1.70. The summed E-state index contributed by atoms with van der Waals surface area (Å²) < 4.78 is 5.38. The molecule has 0 radical (unpaired) electrons. The van der Waals surface area contributed by atoms with E-state index in [-0.39, 0.29) is 11.9 Å². The second-order valence-electron chi connectivity index (χ2n) is 6.77. The number of thioether (sulfide) groups is 1. The summed E-state index contributed by atoms with van der Waals surface area (Å²) in [6.45, 7) is 3.85. The molecule has 2 aliphatic heterocycles. The van der Waals surface area contributed by atoms with E-state index in [0.29, 0.717) is 19.0 Å². The molecule has 0 aliphatic carbocycles. The Morgan fingerprint density at radius 3 is 3.00 bits per heavy atom. The number of rotatable bonds is 7. The quantitative estimate of drug-likeness (QED) is 0.776. The first-order valence-corrected chi connectivity index (χ1v) is 10.4. The molecule has 25 heavy (non-hydrogen) atoms. The molecule has 0 aromatic heterocycles. The van der Waals surface area contributed by atoms with Crippen molar-refractivity contribution in [3.63, 3.8) is 0 Å². The van der Waals surface area contributed by atoms with Gasteiger partial charge in [0.15, 0.2) is 0 Å². The molecule has 0 bridgehead atoms. The third-order valence-electron chi connectivity index (χ3n) is 4.98. The molecular formula is C19H29N3O2S. The Hall–Kier alpha value is -1.24. The van der Waals surface area contributed by atoms with Gasteiger partial charge < -0.3 is 15.4 Å². The van der Waals surface area contributed by atoms with Gasteiger partial charge in [-0.05, 0) is 43.6 Å².